The summed E-state index contributed by atoms with van der Waals surface area (Å²) in [6.07, 6.45) is 25.3. The Bertz CT molecular complexity index is 1880. The number of nitrogen functional groups attached to an aromatic ring is 1. The van der Waals surface area contributed by atoms with Crippen LogP contribution in [-0.4, -0.2) is 57.5 Å². The average molecular weight is 821 g/mol. The molecule has 4 rings (SSSR count). The first-order valence-corrected chi connectivity index (χ1v) is 22.4. The fraction of sp³-hybridized carbons (Fsp3) is 0.545. The molecule has 0 fully saturated rings. The van der Waals surface area contributed by atoms with Crippen molar-refractivity contribution in [3.8, 4) is 18.1 Å². The molecule has 2 heterocycles. The van der Waals surface area contributed by atoms with Gasteiger partial charge in [0.05, 0.1) is 19.5 Å². The molecule has 1 unspecified atom stereocenters. The number of ether oxygens (including phenoxy) is 2. The minimum atomic E-state index is -4.36. The molecule has 3 atom stereocenters. The molecule has 0 saturated carbocycles. The minimum absolute atomic E-state index is 0.0944. The fourth-order valence-electron chi connectivity index (χ4n) is 6.68. The maximum atomic E-state index is 14.7. The lowest BCUT2D eigenvalue weighted by molar-refractivity contribution is -0.146. The van der Waals surface area contributed by atoms with Gasteiger partial charge < -0.3 is 24.3 Å². The second-order valence-electron chi connectivity index (χ2n) is 14.7. The third-order valence-electron chi connectivity index (χ3n) is 10.2. The molecule has 2 aromatic heterocycles. The van der Waals surface area contributed by atoms with Crippen molar-refractivity contribution < 1.29 is 32.3 Å². The van der Waals surface area contributed by atoms with E-state index in [4.69, 9.17) is 30.7 Å². The number of halogens is 1. The molecular formula is C44H62FN6O6P. The van der Waals surface area contributed by atoms with Gasteiger partial charge in [-0.25, -0.2) is 9.55 Å². The van der Waals surface area contributed by atoms with Crippen LogP contribution in [0.2, 0.25) is 0 Å². The highest BCUT2D eigenvalue weighted by molar-refractivity contribution is 7.52. The molecule has 0 saturated heterocycles. The van der Waals surface area contributed by atoms with E-state index >= 15 is 0 Å². The van der Waals surface area contributed by atoms with E-state index in [0.717, 1.165) is 24.8 Å². The van der Waals surface area contributed by atoms with Crippen LogP contribution in [0.25, 0.3) is 11.2 Å². The highest BCUT2D eigenvalue weighted by atomic mass is 31.2. The predicted octanol–water partition coefficient (Wildman–Crippen LogP) is 9.78. The number of carbonyl (C=O) groups is 1. The number of hydrogen-bond donors (Lipinski definition) is 2. The molecule has 316 valence electrons. The van der Waals surface area contributed by atoms with E-state index < -0.39 is 38.0 Å². The second kappa shape index (κ2) is 25.2. The number of terminal acetylenes is 1. The first-order chi connectivity index (χ1) is 28.2. The van der Waals surface area contributed by atoms with Gasteiger partial charge in [-0.2, -0.15) is 19.4 Å². The maximum absolute atomic E-state index is 14.7. The first kappa shape index (κ1) is 46.4. The monoisotopic (exact) mass is 820 g/mol. The molecule has 0 aliphatic heterocycles. The number of nitrogens with two attached hydrogens (primary N) is 1. The molecule has 58 heavy (non-hydrogen) atoms. The van der Waals surface area contributed by atoms with Gasteiger partial charge in [-0.15, -0.1) is 6.42 Å². The Hall–Kier alpha value is -4.34. The van der Waals surface area contributed by atoms with Crippen LogP contribution in [0.5, 0.6) is 5.75 Å². The van der Waals surface area contributed by atoms with Gasteiger partial charge in [0, 0.05) is 20.1 Å². The molecular weight excluding hydrogens is 758 g/mol. The molecule has 0 amide bonds. The number of methoxy groups -OCH3 is 1. The summed E-state index contributed by atoms with van der Waals surface area (Å²) in [5.41, 5.74) is 5.63. The average Bonchev–Trinajstić information content (AvgIpc) is 3.64. The van der Waals surface area contributed by atoms with Gasteiger partial charge in [0.1, 0.15) is 17.3 Å². The van der Waals surface area contributed by atoms with Crippen LogP contribution >= 0.6 is 7.75 Å². The summed E-state index contributed by atoms with van der Waals surface area (Å²) < 4.78 is 53.8. The van der Waals surface area contributed by atoms with E-state index in [0.29, 0.717) is 0 Å². The largest absolute Gasteiger partial charge is 0.465 e. The van der Waals surface area contributed by atoms with Crippen molar-refractivity contribution in [1.82, 2.24) is 24.6 Å². The van der Waals surface area contributed by atoms with Crippen molar-refractivity contribution in [2.75, 3.05) is 26.1 Å². The summed E-state index contributed by atoms with van der Waals surface area (Å²) in [7, 11) is -2.95. The van der Waals surface area contributed by atoms with E-state index in [1.807, 2.05) is 30.3 Å². The van der Waals surface area contributed by atoms with Crippen LogP contribution in [0.3, 0.4) is 0 Å². The molecule has 0 aliphatic rings. The Kier molecular flexibility index (Phi) is 20.1. The number of hydrogen-bond acceptors (Lipinski definition) is 10. The third kappa shape index (κ3) is 15.8. The van der Waals surface area contributed by atoms with Gasteiger partial charge in [-0.05, 0) is 30.5 Å². The lowest BCUT2D eigenvalue weighted by atomic mass is 10.0. The number of rotatable bonds is 30. The number of carbonyl (C=O) groups excluding carboxylic acids is 1. The van der Waals surface area contributed by atoms with E-state index in [2.05, 4.69) is 32.9 Å². The van der Waals surface area contributed by atoms with Gasteiger partial charge >= 0.3 is 19.8 Å². The lowest BCUT2D eigenvalue weighted by Crippen LogP contribution is -2.41. The third-order valence-corrected chi connectivity index (χ3v) is 11.7. The molecule has 3 N–H and O–H groups in total. The maximum Gasteiger partial charge on any atom is 0.459 e. The summed E-state index contributed by atoms with van der Waals surface area (Å²) in [6, 6.07) is 16.8. The highest BCUT2D eigenvalue weighted by Gasteiger charge is 2.39. The van der Waals surface area contributed by atoms with Crippen LogP contribution in [0.4, 0.5) is 10.2 Å². The number of nitrogens with one attached hydrogen (secondary N) is 1. The summed E-state index contributed by atoms with van der Waals surface area (Å²) in [6.45, 7) is 2.25. The minimum Gasteiger partial charge on any atom is -0.465 e. The quantitative estimate of drug-likeness (QED) is 0.0170. The van der Waals surface area contributed by atoms with Crippen molar-refractivity contribution in [2.24, 2.45) is 0 Å². The zero-order valence-electron chi connectivity index (χ0n) is 34.3. The SMILES string of the molecule is C#C[C@](CCn1cnc2c(N)nc(F)nc21)(COP(=O)(N[C@@H](Cc1ccccc1)C(=O)OCCCCCCCCCCCCCCCCC)Oc1ccccc1)OC. The standard InChI is InChI=1S/C44H62FN6O6P/c1-4-6-7-8-9-10-11-12-13-14-15-16-17-18-25-32-55-42(52)38(33-36-26-21-19-22-27-36)50-58(53,57-37-28-23-20-24-29-37)56-34-44(5-2,54-3)30-31-51-35-47-39-40(46)48-43(45)49-41(39)51/h2,19-24,26-29,35,38H,4,6-18,25,30-34H2,1,3H3,(H,50,53)(H2,46,48,49)/t38-,44-,58?/m0/s1. The zero-order chi connectivity index (χ0) is 41.5. The number of imidazole rings is 1. The van der Waals surface area contributed by atoms with Crippen LogP contribution < -0.4 is 15.3 Å². The number of fused-ring (bicyclic) bond motifs is 1. The summed E-state index contributed by atoms with van der Waals surface area (Å²) in [5.74, 6) is 2.19. The molecule has 4 aromatic rings. The van der Waals surface area contributed by atoms with Crippen LogP contribution in [0.15, 0.2) is 67.0 Å². The number of nitrogens with zero attached hydrogens (tertiary/aromatic N) is 4. The predicted molar refractivity (Wildman–Crippen MR) is 226 cm³/mol. The van der Waals surface area contributed by atoms with E-state index in [9.17, 15) is 13.8 Å². The Morgan fingerprint density at radius 3 is 2.09 bits per heavy atom. The molecule has 14 heteroatoms. The van der Waals surface area contributed by atoms with Crippen LogP contribution in [-0.2, 0) is 36.3 Å². The van der Waals surface area contributed by atoms with Gasteiger partial charge in [0.2, 0.25) is 0 Å². The second-order valence-corrected chi connectivity index (χ2v) is 16.4. The smallest absolute Gasteiger partial charge is 0.459 e. The normalized spacial score (nSPS) is 14.0. The number of esters is 1. The van der Waals surface area contributed by atoms with Gasteiger partial charge in [0.25, 0.3) is 0 Å². The topological polar surface area (TPSA) is 153 Å². The van der Waals surface area contributed by atoms with Crippen molar-refractivity contribution >= 4 is 30.7 Å². The first-order valence-electron chi connectivity index (χ1n) is 20.8. The number of unbranched alkanes of at least 4 members (excludes halogenated alkanes) is 14. The number of para-hydroxylation sites is 1. The van der Waals surface area contributed by atoms with Crippen molar-refractivity contribution in [1.29, 1.82) is 0 Å². The molecule has 12 nitrogen and oxygen atoms in total. The highest BCUT2D eigenvalue weighted by Crippen LogP contribution is 2.46. The van der Waals surface area contributed by atoms with Crippen LogP contribution in [0, 0.1) is 18.4 Å². The van der Waals surface area contributed by atoms with E-state index in [1.54, 1.807) is 34.9 Å². The fourth-order valence-corrected chi connectivity index (χ4v) is 8.21. The summed E-state index contributed by atoms with van der Waals surface area (Å²) in [4.78, 5) is 25.2. The van der Waals surface area contributed by atoms with Crippen molar-refractivity contribution in [3.05, 3.63) is 78.6 Å². The molecule has 0 aliphatic carbocycles. The Morgan fingerprint density at radius 2 is 1.50 bits per heavy atom. The molecule has 0 spiro atoms. The number of aromatic nitrogens is 4. The van der Waals surface area contributed by atoms with Gasteiger partial charge in [-0.3, -0.25) is 9.32 Å². The van der Waals surface area contributed by atoms with Crippen molar-refractivity contribution in [3.63, 3.8) is 0 Å². The van der Waals surface area contributed by atoms with E-state index in [1.165, 1.54) is 90.5 Å². The van der Waals surface area contributed by atoms with Crippen LogP contribution in [0.1, 0.15) is 115 Å². The van der Waals surface area contributed by atoms with Crippen molar-refractivity contribution in [2.45, 2.75) is 134 Å². The number of anilines is 1. The summed E-state index contributed by atoms with van der Waals surface area (Å²) >= 11 is 0. The van der Waals surface area contributed by atoms with E-state index in [-0.39, 0.29) is 48.7 Å². The Balaban J connectivity index is 1.34. The lowest BCUT2D eigenvalue weighted by Gasteiger charge is -2.30. The zero-order valence-corrected chi connectivity index (χ0v) is 35.2. The van der Waals surface area contributed by atoms with Gasteiger partial charge in [0.15, 0.2) is 17.1 Å². The molecule has 0 radical (unpaired) electrons. The Labute approximate surface area is 343 Å². The molecule has 2 aromatic carbocycles. The summed E-state index contributed by atoms with van der Waals surface area (Å²) in [5, 5.41) is 2.88. The molecule has 0 bridgehead atoms. The Morgan fingerprint density at radius 1 is 0.914 bits per heavy atom. The van der Waals surface area contributed by atoms with Gasteiger partial charge in [-0.1, -0.05) is 151 Å². The number of benzene rings is 2. The number of aryl methyl sites for hydroxylation is 1.